The molecule has 0 amide bonds. The number of rotatable bonds is 9. The Balaban J connectivity index is 0.000000227. The molecule has 3 aromatic heterocycles. The Morgan fingerprint density at radius 3 is 1.77 bits per heavy atom. The monoisotopic (exact) mass is 1060 g/mol. The summed E-state index contributed by atoms with van der Waals surface area (Å²) in [6.45, 7) is 0.793. The van der Waals surface area contributed by atoms with E-state index in [0.717, 1.165) is 40.0 Å². The summed E-state index contributed by atoms with van der Waals surface area (Å²) in [5.74, 6) is -0.107. The quantitative estimate of drug-likeness (QED) is 0.0191. The fourth-order valence-electron chi connectivity index (χ4n) is 7.36. The number of aliphatic hydroxyl groups is 5. The van der Waals surface area contributed by atoms with Crippen molar-refractivity contribution in [2.45, 2.75) is 37.6 Å². The van der Waals surface area contributed by atoms with E-state index in [4.69, 9.17) is 50.2 Å². The number of benzene rings is 5. The Kier molecular flexibility index (Phi) is 18.8. The second-order valence-electron chi connectivity index (χ2n) is 14.9. The van der Waals surface area contributed by atoms with Gasteiger partial charge in [0.2, 0.25) is 6.29 Å². The largest absolute Gasteiger partial charge is 3.00 e. The summed E-state index contributed by atoms with van der Waals surface area (Å²) >= 11 is 0. The van der Waals surface area contributed by atoms with Crippen LogP contribution < -0.4 is 4.74 Å². The van der Waals surface area contributed by atoms with Gasteiger partial charge in [0.05, 0.1) is 29.4 Å². The second kappa shape index (κ2) is 24.7. The van der Waals surface area contributed by atoms with Crippen LogP contribution in [0, 0.1) is 55.8 Å². The van der Waals surface area contributed by atoms with Crippen molar-refractivity contribution in [3.8, 4) is 39.7 Å². The molecule has 1 saturated heterocycles. The first-order valence-corrected chi connectivity index (χ1v) is 20.5. The van der Waals surface area contributed by atoms with Crippen LogP contribution in [-0.2, 0) is 9.53 Å². The van der Waals surface area contributed by atoms with E-state index in [1.54, 1.807) is 42.7 Å². The number of aliphatic hydroxyl groups excluding tert-OH is 5. The van der Waals surface area contributed by atoms with Gasteiger partial charge < -0.3 is 45.4 Å². The van der Waals surface area contributed by atoms with Crippen LogP contribution in [0.5, 0.6) is 5.75 Å². The minimum Gasteiger partial charge on any atom is -0.508 e. The molecule has 69 heavy (non-hydrogen) atoms. The Labute approximate surface area is 420 Å². The zero-order valence-corrected chi connectivity index (χ0v) is 40.0. The third-order valence-electron chi connectivity index (χ3n) is 10.3. The van der Waals surface area contributed by atoms with Crippen molar-refractivity contribution < 1.29 is 96.0 Å². The molecule has 1 fully saturated rings. The molecule has 8 aromatic rings. The molecule has 0 saturated carbocycles. The van der Waals surface area contributed by atoms with Crippen molar-refractivity contribution in [2.75, 3.05) is 6.61 Å². The minimum absolute atomic E-state index is 0. The van der Waals surface area contributed by atoms with Gasteiger partial charge in [-0.3, -0.25) is 14.8 Å². The van der Waals surface area contributed by atoms with E-state index in [1.165, 1.54) is 50.9 Å². The summed E-state index contributed by atoms with van der Waals surface area (Å²) in [6, 6.07) is 42.5. The number of ether oxygens (including phenoxy) is 2. The topological polar surface area (TPSA) is 302 Å². The smallest absolute Gasteiger partial charge is 0.508 e. The first-order valence-electron chi connectivity index (χ1n) is 20.5. The Morgan fingerprint density at radius 2 is 1.25 bits per heavy atom. The number of pyridine rings is 3. The van der Waals surface area contributed by atoms with Crippen LogP contribution in [0.2, 0.25) is 0 Å². The summed E-state index contributed by atoms with van der Waals surface area (Å²) in [5, 5.41) is 83.0. The summed E-state index contributed by atoms with van der Waals surface area (Å²) in [4.78, 5) is 41.6. The van der Waals surface area contributed by atoms with E-state index in [-0.39, 0.29) is 47.1 Å². The molecule has 20 heteroatoms. The molecule has 1 aliphatic heterocycles. The van der Waals surface area contributed by atoms with Gasteiger partial charge in [-0.1, -0.05) is 84.9 Å². The van der Waals surface area contributed by atoms with Crippen molar-refractivity contribution in [1.82, 2.24) is 15.0 Å². The van der Waals surface area contributed by atoms with Gasteiger partial charge in [0.15, 0.2) is 5.78 Å². The molecule has 0 bridgehead atoms. The zero-order valence-electron chi connectivity index (χ0n) is 36.4. The van der Waals surface area contributed by atoms with E-state index < -0.39 is 47.5 Å². The maximum absolute atomic E-state index is 10.8. The van der Waals surface area contributed by atoms with Crippen LogP contribution in [0.15, 0.2) is 158 Å². The molecule has 9 rings (SSSR count). The predicted octanol–water partition coefficient (Wildman–Crippen LogP) is 6.98. The molecule has 4 heterocycles. The average Bonchev–Trinajstić information content (AvgIpc) is 3.33. The maximum Gasteiger partial charge on any atom is 3.00 e. The third-order valence-corrected chi connectivity index (χ3v) is 10.3. The summed E-state index contributed by atoms with van der Waals surface area (Å²) in [7, 11) is 0. The van der Waals surface area contributed by atoms with Gasteiger partial charge in [-0.05, 0) is 111 Å². The van der Waals surface area contributed by atoms with E-state index in [1.807, 2.05) is 36.4 Å². The summed E-state index contributed by atoms with van der Waals surface area (Å²) < 4.78 is 10.7. The van der Waals surface area contributed by atoms with Gasteiger partial charge in [0, 0.05) is 18.5 Å². The number of ketones is 1. The van der Waals surface area contributed by atoms with Crippen molar-refractivity contribution in [3.63, 3.8) is 0 Å². The molecule has 1 aliphatic rings. The van der Waals surface area contributed by atoms with Crippen LogP contribution in [0.1, 0.15) is 12.5 Å². The van der Waals surface area contributed by atoms with Gasteiger partial charge in [0.1, 0.15) is 35.9 Å². The van der Waals surface area contributed by atoms with Crippen LogP contribution in [-0.4, -0.2) is 104 Å². The second-order valence-corrected chi connectivity index (χ2v) is 14.9. The number of aromatic nitrogens is 3. The van der Waals surface area contributed by atoms with Crippen molar-refractivity contribution >= 4 is 44.2 Å². The number of carbonyl (C=O) groups excluding carboxylic acids is 1. The normalized spacial score (nSPS) is 17.6. The Bertz CT molecular complexity index is 2960. The van der Waals surface area contributed by atoms with E-state index in [2.05, 4.69) is 76.7 Å². The average molecular weight is 1060 g/mol. The molecule has 0 aliphatic carbocycles. The molecular weight excluding hydrogens is 1020 g/mol. The molecule has 7 N–H and O–H groups in total. The predicted molar refractivity (Wildman–Crippen MR) is 249 cm³/mol. The fourth-order valence-corrected chi connectivity index (χ4v) is 7.36. The molecule has 0 radical (unpaired) electrons. The van der Waals surface area contributed by atoms with Crippen molar-refractivity contribution in [2.24, 2.45) is 0 Å². The third kappa shape index (κ3) is 13.9. The fraction of sp³-hybridized carbons (Fsp3) is 0.143. The summed E-state index contributed by atoms with van der Waals surface area (Å²) in [6.07, 6.45) is 0.920. The first-order chi connectivity index (χ1) is 32.6. The molecule has 0 spiro atoms. The molecular formula is C49H43LaN5O14+3. The number of hydrogen-bond acceptors (Lipinski definition) is 15. The minimum atomic E-state index is -1.51. The van der Waals surface area contributed by atoms with E-state index in [0.29, 0.717) is 5.75 Å². The van der Waals surface area contributed by atoms with Crippen molar-refractivity contribution in [1.29, 1.82) is 0 Å². The van der Waals surface area contributed by atoms with Crippen molar-refractivity contribution in [3.05, 3.63) is 183 Å². The molecule has 348 valence electrons. The number of carbonyl (C=O) groups is 1. The Morgan fingerprint density at radius 1 is 0.710 bits per heavy atom. The van der Waals surface area contributed by atoms with Crippen LogP contribution in [0.25, 0.3) is 72.3 Å². The molecule has 5 aromatic carbocycles. The van der Waals surface area contributed by atoms with Gasteiger partial charge in [-0.25, -0.2) is 4.98 Å². The maximum atomic E-state index is 10.8. The molecule has 5 atom stereocenters. The van der Waals surface area contributed by atoms with Gasteiger partial charge >= 0.3 is 35.6 Å². The summed E-state index contributed by atoms with van der Waals surface area (Å²) in [5.41, 5.74) is 6.37. The van der Waals surface area contributed by atoms with Crippen LogP contribution in [0.4, 0.5) is 0 Å². The molecule has 0 unspecified atom stereocenters. The van der Waals surface area contributed by atoms with Gasteiger partial charge in [-0.2, -0.15) is 0 Å². The first kappa shape index (κ1) is 52.7. The van der Waals surface area contributed by atoms with E-state index >= 15 is 0 Å². The number of allylic oxidation sites excluding steroid dienone is 2. The van der Waals surface area contributed by atoms with Crippen LogP contribution in [0.3, 0.4) is 0 Å². The number of hydrogen-bond donors (Lipinski definition) is 7. The SMILES string of the molecule is CC(=O)/C=C(O)/C=C\c1ccc(O[C@@H]2O[C@H](CO)[C@@H](O)[C@H](O)[C@H]2O)cc1.O=[N+]([O-])O.O=[N+]([O-])O.[La+3].c1ccc(-c2cc(-c3ccc4ccc5cccc6ccc3c4c56)cc(-c3ccccn3)n2)nc1. The van der Waals surface area contributed by atoms with Crippen LogP contribution >= 0.6 is 0 Å². The zero-order chi connectivity index (χ0) is 48.9. The Hall–Kier alpha value is -7.27. The number of nitrogens with zero attached hydrogens (tertiary/aromatic N) is 5. The van der Waals surface area contributed by atoms with E-state index in [9.17, 15) is 25.2 Å². The van der Waals surface area contributed by atoms with Gasteiger partial charge in [0.25, 0.3) is 10.2 Å². The van der Waals surface area contributed by atoms with Gasteiger partial charge in [-0.15, -0.1) is 20.2 Å². The molecule has 19 nitrogen and oxygen atoms in total. The standard InChI is InChI=1S/C31H19N3.C18H22O8.La.2HNO3/c1-3-16-32-26(8-1)28-18-23(19-29(34-28)27-9-2-4-17-33-27)24-14-12-22-11-10-20-6-5-7-21-13-15-25(24)31(22)30(20)21;1-10(20)8-12(21)5-2-11-3-6-13(7-4-11)25-18-17(24)16(23)15(22)14(9-19)26-18;;2*2-1(3)4/h1-19H;2-8,14-19,21-24H,9H2,1H3;;2*(H,2,3,4)/q;;+3;;/b;5-2-,12-8-;;;/t;14-,15-,16+,17-,18-;;;/m.1.../s1.